The lowest BCUT2D eigenvalue weighted by molar-refractivity contribution is -0.122. The number of ether oxygens (including phenoxy) is 2. The highest BCUT2D eigenvalue weighted by Crippen LogP contribution is 2.45. The fourth-order valence-corrected chi connectivity index (χ4v) is 15.4. The zero-order valence-corrected chi connectivity index (χ0v) is 55.5. The van der Waals surface area contributed by atoms with Crippen molar-refractivity contribution in [3.8, 4) is 43.4 Å². The van der Waals surface area contributed by atoms with E-state index in [1.807, 2.05) is 61.0 Å². The van der Waals surface area contributed by atoms with Crippen molar-refractivity contribution in [2.75, 3.05) is 20.7 Å². The number of esters is 1. The van der Waals surface area contributed by atoms with Gasteiger partial charge in [0.15, 0.2) is 14.0 Å². The number of carbonyl (C=O) groups is 6. The lowest BCUT2D eigenvalue weighted by Gasteiger charge is -2.41. The van der Waals surface area contributed by atoms with Crippen LogP contribution in [-0.4, -0.2) is 105 Å². The van der Waals surface area contributed by atoms with E-state index in [1.165, 1.54) is 70.8 Å². The summed E-state index contributed by atoms with van der Waals surface area (Å²) in [6.45, 7) is 21.2. The first-order chi connectivity index (χ1) is 40.7. The summed E-state index contributed by atoms with van der Waals surface area (Å²) >= 11 is 7.43. The molecular weight excluding hydrogens is 1230 g/mol. The minimum absolute atomic E-state index is 0.0218. The van der Waals surface area contributed by atoms with Gasteiger partial charge in [-0.25, -0.2) is 39.7 Å². The zero-order chi connectivity index (χ0) is 62.0. The molecule has 28 heteroatoms. The largest absolute Gasteiger partial charge is 0.455 e. The van der Waals surface area contributed by atoms with Gasteiger partial charge < -0.3 is 40.5 Å². The van der Waals surface area contributed by atoms with E-state index >= 15 is 0 Å². The molecule has 8 aromatic rings. The van der Waals surface area contributed by atoms with Gasteiger partial charge in [0.05, 0.1) is 48.3 Å². The van der Waals surface area contributed by atoms with E-state index in [2.05, 4.69) is 65.4 Å². The highest BCUT2D eigenvalue weighted by atomic mass is 32.1. The number of nitrogens with zero attached hydrogens (tertiary/aromatic N) is 7. The number of nitrogens with one attached hydrogen (secondary N) is 5. The normalized spacial score (nSPS) is 16.8. The number of hydrogen-bond donors (Lipinski definition) is 5. The summed E-state index contributed by atoms with van der Waals surface area (Å²) in [4.78, 5) is 119. The summed E-state index contributed by atoms with van der Waals surface area (Å²) in [7, 11) is 0.385. The maximum atomic E-state index is 14.5. The molecular formula is C58H66N12O9S6Si. The van der Waals surface area contributed by atoms with Gasteiger partial charge in [-0.1, -0.05) is 65.0 Å². The number of benzene rings is 1. The van der Waals surface area contributed by atoms with Gasteiger partial charge in [-0.15, -0.1) is 68.0 Å². The molecule has 0 aliphatic carbocycles. The van der Waals surface area contributed by atoms with Crippen LogP contribution in [0, 0.1) is 12.8 Å². The monoisotopic (exact) mass is 1290 g/mol. The number of methoxy groups -OCH3 is 1. The third-order valence-corrected chi connectivity index (χ3v) is 24.2. The molecule has 1 aliphatic rings. The van der Waals surface area contributed by atoms with Crippen LogP contribution in [-0.2, 0) is 30.1 Å². The summed E-state index contributed by atoms with van der Waals surface area (Å²) in [6.07, 6.45) is -0.934. The number of fused-ring (bicyclic) bond motifs is 14. The van der Waals surface area contributed by atoms with Crippen LogP contribution in [0.15, 0.2) is 64.0 Å². The molecule has 21 nitrogen and oxygen atoms in total. The van der Waals surface area contributed by atoms with Gasteiger partial charge in [-0.2, -0.15) is 0 Å². The van der Waals surface area contributed by atoms with E-state index in [9.17, 15) is 28.8 Å². The first kappa shape index (κ1) is 63.6. The highest BCUT2D eigenvalue weighted by molar-refractivity contribution is 7.15. The molecule has 9 rings (SSSR count). The number of carbonyl (C=O) groups excluding carboxylic acids is 6. The van der Waals surface area contributed by atoms with Crippen LogP contribution in [0.2, 0.25) is 18.1 Å². The quantitative estimate of drug-likeness (QED) is 0.0594. The molecule has 5 N–H and O–H groups in total. The Morgan fingerprint density at radius 1 is 0.686 bits per heavy atom. The number of aryl methyl sites for hydroxylation is 1. The van der Waals surface area contributed by atoms with Crippen molar-refractivity contribution in [2.45, 2.75) is 123 Å². The van der Waals surface area contributed by atoms with Crippen LogP contribution < -0.4 is 26.6 Å². The minimum Gasteiger partial charge on any atom is -0.455 e. The van der Waals surface area contributed by atoms with Crippen LogP contribution in [0.5, 0.6) is 0 Å². The topological polar surface area (TPSA) is 280 Å². The zero-order valence-electron chi connectivity index (χ0n) is 49.6. The van der Waals surface area contributed by atoms with E-state index in [0.717, 1.165) is 16.9 Å². The predicted molar refractivity (Wildman–Crippen MR) is 338 cm³/mol. The van der Waals surface area contributed by atoms with Crippen LogP contribution in [0.25, 0.3) is 43.4 Å². The third-order valence-electron chi connectivity index (χ3n) is 14.1. The van der Waals surface area contributed by atoms with Crippen LogP contribution in [0.4, 0.5) is 0 Å². The average molecular weight is 1300 g/mol. The average Bonchev–Trinajstić information content (AvgIpc) is 2.21. The molecule has 0 saturated heterocycles. The van der Waals surface area contributed by atoms with Crippen LogP contribution >= 0.6 is 68.0 Å². The molecule has 1 aliphatic heterocycles. The molecule has 0 spiro atoms. The molecule has 4 atom stereocenters. The molecule has 1 aromatic carbocycles. The minimum atomic E-state index is -2.60. The summed E-state index contributed by atoms with van der Waals surface area (Å²) in [5.74, 6) is -3.49. The highest BCUT2D eigenvalue weighted by Gasteiger charge is 2.43. The Hall–Kier alpha value is -6.89. The lowest BCUT2D eigenvalue weighted by Crippen LogP contribution is -2.46. The number of pyridine rings is 1. The van der Waals surface area contributed by atoms with Gasteiger partial charge in [0, 0.05) is 46.1 Å². The number of hydrogen-bond acceptors (Lipinski definition) is 22. The van der Waals surface area contributed by atoms with Crippen LogP contribution in [0.1, 0.15) is 158 Å². The van der Waals surface area contributed by atoms with Crippen molar-refractivity contribution in [2.24, 2.45) is 5.92 Å². The van der Waals surface area contributed by atoms with Crippen molar-refractivity contribution in [3.05, 3.63) is 117 Å². The van der Waals surface area contributed by atoms with Gasteiger partial charge in [-0.05, 0) is 69.4 Å². The second-order valence-electron chi connectivity index (χ2n) is 23.0. The summed E-state index contributed by atoms with van der Waals surface area (Å²) in [5.41, 5.74) is 2.66. The lowest BCUT2D eigenvalue weighted by atomic mass is 10.0. The van der Waals surface area contributed by atoms with E-state index < -0.39 is 74.3 Å². The fourth-order valence-electron chi connectivity index (χ4n) is 8.62. The first-order valence-electron chi connectivity index (χ1n) is 27.4. The molecule has 0 unspecified atom stereocenters. The molecule has 8 heterocycles. The maximum absolute atomic E-state index is 14.5. The Morgan fingerprint density at radius 2 is 1.36 bits per heavy atom. The smallest absolute Gasteiger partial charge is 0.358 e. The second kappa shape index (κ2) is 26.2. The Kier molecular flexibility index (Phi) is 19.4. The molecule has 86 heavy (non-hydrogen) atoms. The number of rotatable bonds is 11. The summed E-state index contributed by atoms with van der Waals surface area (Å²) in [6, 6.07) is 10.7. The Morgan fingerprint density at radius 3 is 2.06 bits per heavy atom. The Bertz CT molecular complexity index is 3820. The van der Waals surface area contributed by atoms with Gasteiger partial charge in [0.25, 0.3) is 17.7 Å². The Balaban J connectivity index is 1.17. The number of thiazole rings is 6. The standard InChI is InChI=1S/C58H66N12O9S6Si/c1-28(2)41-55-70-44(38(85-55)23-77-11)48(74)60-22-40(72)67-45(46(30-17-15-14-16-18-30)79-86(12,13)58(7,8)9)54-65-36(26-83-54)52-63-34(24-81-52)43-31(19-20-32(61-43)51-66-37(27-82-51)56(76)78-57(4,5)6)50-64-35(25-80-50)47(73)62-33(21-39(71)59-10)53-69-42(29(3)84-53)49(75)68-41/h14-20,24-28,33,41,45-46H,21-23H2,1-13H3,(H,59,71)(H,60,74)(H,62,73)(H,67,72)(H,68,75)/t33-,41-,45-,46-/m0/s1. The van der Waals surface area contributed by atoms with E-state index in [0.29, 0.717) is 68.1 Å². The van der Waals surface area contributed by atoms with Crippen molar-refractivity contribution < 1.29 is 42.7 Å². The third kappa shape index (κ3) is 14.6. The summed E-state index contributed by atoms with van der Waals surface area (Å²) < 4.78 is 18.4. The molecule has 0 fully saturated rings. The fraction of sp³-hybridized carbons (Fsp3) is 0.397. The Labute approximate surface area is 522 Å². The van der Waals surface area contributed by atoms with E-state index in [-0.39, 0.29) is 52.7 Å². The van der Waals surface area contributed by atoms with Crippen LogP contribution in [0.3, 0.4) is 0 Å². The van der Waals surface area contributed by atoms with Crippen molar-refractivity contribution in [1.82, 2.24) is 61.5 Å². The first-order valence-corrected chi connectivity index (χ1v) is 35.4. The van der Waals surface area contributed by atoms with Crippen molar-refractivity contribution in [1.29, 1.82) is 0 Å². The van der Waals surface area contributed by atoms with Crippen molar-refractivity contribution >= 4 is 112 Å². The SMILES string of the molecule is CNC(=O)C[C@@H]1NC(=O)c2csc(n2)-c2ccc(-c3nc(C(=O)OC(C)(C)C)cs3)nc2-c2csc(n2)-c2csc(n2)[C@H]([C@@H](O[Si](C)(C)C(C)(C)C)c2ccccc2)NC(=O)CNC(=O)c2nc(sc2COC)[C@H](C(C)C)NC(=O)c2nc1sc2C. The molecule has 452 valence electrons. The molecule has 10 bridgehead atoms. The van der Waals surface area contributed by atoms with Crippen molar-refractivity contribution in [3.63, 3.8) is 0 Å². The molecule has 0 saturated carbocycles. The van der Waals surface area contributed by atoms with Gasteiger partial charge in [-0.3, -0.25) is 24.0 Å². The number of amides is 5. The van der Waals surface area contributed by atoms with Gasteiger partial charge in [0.1, 0.15) is 75.9 Å². The molecule has 5 amide bonds. The maximum Gasteiger partial charge on any atom is 0.358 e. The van der Waals surface area contributed by atoms with E-state index in [4.69, 9.17) is 43.8 Å². The van der Waals surface area contributed by atoms with E-state index in [1.54, 1.807) is 44.5 Å². The second-order valence-corrected chi connectivity index (χ2v) is 33.6. The van der Waals surface area contributed by atoms with Gasteiger partial charge in [0.2, 0.25) is 11.8 Å². The molecule has 7 aromatic heterocycles. The summed E-state index contributed by atoms with van der Waals surface area (Å²) in [5, 5.41) is 24.0. The molecule has 0 radical (unpaired) electrons. The predicted octanol–water partition coefficient (Wildman–Crippen LogP) is 11.3. The number of aromatic nitrogens is 7. The van der Waals surface area contributed by atoms with Gasteiger partial charge >= 0.3 is 5.97 Å².